The van der Waals surface area contributed by atoms with E-state index < -0.39 is 0 Å². The molecule has 0 amide bonds. The maximum atomic E-state index is 4.16. The zero-order chi connectivity index (χ0) is 8.10. The molecule has 0 aliphatic rings. The van der Waals surface area contributed by atoms with E-state index in [1.807, 2.05) is 11.8 Å². The third kappa shape index (κ3) is 2.80. The first-order chi connectivity index (χ1) is 5.34. The van der Waals surface area contributed by atoms with Crippen LogP contribution in [0.2, 0.25) is 0 Å². The molecule has 60 valence electrons. The molecule has 0 saturated carbocycles. The van der Waals surface area contributed by atoms with Crippen LogP contribution in [0.1, 0.15) is 5.56 Å². The molecule has 0 saturated heterocycles. The lowest BCUT2D eigenvalue weighted by molar-refractivity contribution is 1.30. The van der Waals surface area contributed by atoms with Gasteiger partial charge in [-0.1, -0.05) is 18.2 Å². The van der Waals surface area contributed by atoms with Crippen molar-refractivity contribution in [3.63, 3.8) is 0 Å². The zero-order valence-electron chi connectivity index (χ0n) is 6.58. The zero-order valence-corrected chi connectivity index (χ0v) is 8.29. The van der Waals surface area contributed by atoms with Crippen LogP contribution in [0.3, 0.4) is 0 Å². The average Bonchev–Trinajstić information content (AvgIpc) is 2.03. The molecule has 2 heteroatoms. The maximum absolute atomic E-state index is 4.16. The summed E-state index contributed by atoms with van der Waals surface area (Å²) in [6, 6.07) is 8.44. The van der Waals surface area contributed by atoms with E-state index in [1.165, 1.54) is 10.5 Å². The Bertz CT molecular complexity index is 221. The molecule has 0 fully saturated rings. The van der Waals surface area contributed by atoms with E-state index >= 15 is 0 Å². The lowest BCUT2D eigenvalue weighted by Crippen LogP contribution is -1.82. The molecule has 0 spiro atoms. The van der Waals surface area contributed by atoms with Gasteiger partial charge >= 0.3 is 0 Å². The van der Waals surface area contributed by atoms with Gasteiger partial charge in [0, 0.05) is 10.6 Å². The van der Waals surface area contributed by atoms with Crippen molar-refractivity contribution in [2.45, 2.75) is 11.8 Å². The molecule has 0 bridgehead atoms. The molecule has 1 aromatic carbocycles. The Kier molecular flexibility index (Phi) is 3.87. The van der Waals surface area contributed by atoms with Crippen LogP contribution in [-0.4, -0.2) is 11.5 Å². The number of thioether (sulfide) groups is 1. The third-order valence-electron chi connectivity index (χ3n) is 1.44. The Labute approximate surface area is 77.8 Å². The van der Waals surface area contributed by atoms with Crippen molar-refractivity contribution in [2.24, 2.45) is 0 Å². The Morgan fingerprint density at radius 2 is 2.09 bits per heavy atom. The van der Waals surface area contributed by atoms with Crippen LogP contribution in [0.25, 0.3) is 0 Å². The van der Waals surface area contributed by atoms with Gasteiger partial charge in [-0.3, -0.25) is 0 Å². The number of rotatable bonds is 3. The number of hydrogen-bond donors (Lipinski definition) is 1. The van der Waals surface area contributed by atoms with Crippen molar-refractivity contribution >= 4 is 24.4 Å². The summed E-state index contributed by atoms with van der Waals surface area (Å²) in [5, 5.41) is 0. The molecule has 0 atom stereocenters. The van der Waals surface area contributed by atoms with Gasteiger partial charge in [-0.25, -0.2) is 0 Å². The summed E-state index contributed by atoms with van der Waals surface area (Å²) in [7, 11) is 0. The number of aryl methyl sites for hydroxylation is 1. The Hall–Kier alpha value is -0.0800. The summed E-state index contributed by atoms with van der Waals surface area (Å²) in [6.45, 7) is 2.14. The molecule has 0 aliphatic heterocycles. The molecule has 0 heterocycles. The molecular formula is C9H12S2. The van der Waals surface area contributed by atoms with Crippen LogP contribution in [0.4, 0.5) is 0 Å². The fourth-order valence-electron chi connectivity index (χ4n) is 0.874. The number of benzene rings is 1. The lowest BCUT2D eigenvalue weighted by atomic mass is 10.2. The number of hydrogen-bond acceptors (Lipinski definition) is 2. The highest BCUT2D eigenvalue weighted by molar-refractivity contribution is 8.00. The molecular weight excluding hydrogens is 172 g/mol. The minimum Gasteiger partial charge on any atom is -0.178 e. The van der Waals surface area contributed by atoms with Crippen LogP contribution >= 0.6 is 24.4 Å². The molecule has 0 unspecified atom stereocenters. The SMILES string of the molecule is Cc1ccccc1SCCS. The first-order valence-electron chi connectivity index (χ1n) is 3.64. The predicted octanol–water partition coefficient (Wildman–Crippen LogP) is 3.02. The second-order valence-corrected chi connectivity index (χ2v) is 3.92. The Morgan fingerprint density at radius 1 is 1.36 bits per heavy atom. The van der Waals surface area contributed by atoms with E-state index in [9.17, 15) is 0 Å². The van der Waals surface area contributed by atoms with Crippen LogP contribution in [0, 0.1) is 6.92 Å². The van der Waals surface area contributed by atoms with E-state index in [-0.39, 0.29) is 0 Å². The molecule has 11 heavy (non-hydrogen) atoms. The fourth-order valence-corrected chi connectivity index (χ4v) is 1.93. The summed E-state index contributed by atoms with van der Waals surface area (Å²) in [6.07, 6.45) is 0. The van der Waals surface area contributed by atoms with Crippen LogP contribution in [0.5, 0.6) is 0 Å². The quantitative estimate of drug-likeness (QED) is 0.556. The summed E-state index contributed by atoms with van der Waals surface area (Å²) < 4.78 is 0. The highest BCUT2D eigenvalue weighted by atomic mass is 32.2. The normalized spacial score (nSPS) is 10.0. The average molecular weight is 184 g/mol. The van der Waals surface area contributed by atoms with Gasteiger partial charge in [0.2, 0.25) is 0 Å². The Morgan fingerprint density at radius 3 is 2.73 bits per heavy atom. The maximum Gasteiger partial charge on any atom is 0.0101 e. The summed E-state index contributed by atoms with van der Waals surface area (Å²) in [4.78, 5) is 1.38. The van der Waals surface area contributed by atoms with Crippen molar-refractivity contribution in [2.75, 3.05) is 11.5 Å². The van der Waals surface area contributed by atoms with Gasteiger partial charge < -0.3 is 0 Å². The standard InChI is InChI=1S/C9H12S2/c1-8-4-2-3-5-9(8)11-7-6-10/h2-5,10H,6-7H2,1H3. The Balaban J connectivity index is 2.62. The van der Waals surface area contributed by atoms with Crippen LogP contribution in [0.15, 0.2) is 29.2 Å². The van der Waals surface area contributed by atoms with E-state index in [0.717, 1.165) is 11.5 Å². The third-order valence-corrected chi connectivity index (χ3v) is 3.15. The van der Waals surface area contributed by atoms with E-state index in [0.29, 0.717) is 0 Å². The van der Waals surface area contributed by atoms with Crippen LogP contribution in [-0.2, 0) is 0 Å². The van der Waals surface area contributed by atoms with Crippen molar-refractivity contribution in [1.82, 2.24) is 0 Å². The highest BCUT2D eigenvalue weighted by Crippen LogP contribution is 2.21. The minimum absolute atomic E-state index is 0.943. The van der Waals surface area contributed by atoms with E-state index in [4.69, 9.17) is 0 Å². The first kappa shape index (κ1) is 9.01. The predicted molar refractivity (Wildman–Crippen MR) is 55.8 cm³/mol. The van der Waals surface area contributed by atoms with Gasteiger partial charge in [-0.05, 0) is 24.3 Å². The molecule has 0 N–H and O–H groups in total. The van der Waals surface area contributed by atoms with Gasteiger partial charge in [-0.2, -0.15) is 12.6 Å². The number of thiol groups is 1. The van der Waals surface area contributed by atoms with E-state index in [1.54, 1.807) is 0 Å². The van der Waals surface area contributed by atoms with Gasteiger partial charge in [0.15, 0.2) is 0 Å². The first-order valence-corrected chi connectivity index (χ1v) is 5.25. The highest BCUT2D eigenvalue weighted by Gasteiger charge is 1.94. The molecule has 0 aromatic heterocycles. The van der Waals surface area contributed by atoms with Crippen molar-refractivity contribution in [3.8, 4) is 0 Å². The molecule has 0 nitrogen and oxygen atoms in total. The summed E-state index contributed by atoms with van der Waals surface area (Å²) >= 11 is 6.03. The van der Waals surface area contributed by atoms with Crippen molar-refractivity contribution in [3.05, 3.63) is 29.8 Å². The van der Waals surface area contributed by atoms with Crippen molar-refractivity contribution in [1.29, 1.82) is 0 Å². The largest absolute Gasteiger partial charge is 0.178 e. The summed E-state index contributed by atoms with van der Waals surface area (Å²) in [5.41, 5.74) is 1.36. The smallest absolute Gasteiger partial charge is 0.0101 e. The second-order valence-electron chi connectivity index (χ2n) is 2.34. The van der Waals surface area contributed by atoms with Gasteiger partial charge in [0.1, 0.15) is 0 Å². The topological polar surface area (TPSA) is 0 Å². The minimum atomic E-state index is 0.943. The summed E-state index contributed by atoms with van der Waals surface area (Å²) in [5.74, 6) is 2.03. The van der Waals surface area contributed by atoms with Gasteiger partial charge in [-0.15, -0.1) is 11.8 Å². The molecule has 0 radical (unpaired) electrons. The lowest BCUT2D eigenvalue weighted by Gasteiger charge is -2.02. The van der Waals surface area contributed by atoms with Crippen LogP contribution < -0.4 is 0 Å². The monoisotopic (exact) mass is 184 g/mol. The molecule has 0 aliphatic carbocycles. The van der Waals surface area contributed by atoms with E-state index in [2.05, 4.69) is 43.8 Å². The molecule has 1 aromatic rings. The van der Waals surface area contributed by atoms with Gasteiger partial charge in [0.25, 0.3) is 0 Å². The van der Waals surface area contributed by atoms with Crippen molar-refractivity contribution < 1.29 is 0 Å². The second kappa shape index (κ2) is 4.73. The van der Waals surface area contributed by atoms with Gasteiger partial charge in [0.05, 0.1) is 0 Å². The molecule has 1 rings (SSSR count). The fraction of sp³-hybridized carbons (Fsp3) is 0.333.